The first-order valence-electron chi connectivity index (χ1n) is 8.98. The molecule has 0 aliphatic rings. The molecule has 33 heavy (non-hydrogen) atoms. The molecule has 3 aromatic carbocycles. The Balaban J connectivity index is 2.05. The second-order valence-corrected chi connectivity index (χ2v) is 9.09. The van der Waals surface area contributed by atoms with E-state index < -0.39 is 27.8 Å². The molecular weight excluding hydrogens is 573 g/mol. The lowest BCUT2D eigenvalue weighted by Crippen LogP contribution is -2.22. The van der Waals surface area contributed by atoms with Crippen molar-refractivity contribution in [3.8, 4) is 17.2 Å². The van der Waals surface area contributed by atoms with Gasteiger partial charge in [0.1, 0.15) is 34.4 Å². The molecule has 0 saturated heterocycles. The van der Waals surface area contributed by atoms with Crippen LogP contribution in [-0.2, 0) is 10.2 Å². The third-order valence-electron chi connectivity index (χ3n) is 4.16. The van der Waals surface area contributed by atoms with Crippen molar-refractivity contribution >= 4 is 55.8 Å². The van der Waals surface area contributed by atoms with Crippen LogP contribution in [0, 0.1) is 15.2 Å². The molecule has 0 unspecified atom stereocenters. The van der Waals surface area contributed by atoms with Crippen molar-refractivity contribution in [2.45, 2.75) is 0 Å². The lowest BCUT2D eigenvalue weighted by atomic mass is 10.1. The van der Waals surface area contributed by atoms with Gasteiger partial charge in [-0.25, -0.2) is 13.9 Å². The number of nitrogens with one attached hydrogen (secondary N) is 2. The van der Waals surface area contributed by atoms with E-state index in [1.807, 2.05) is 22.6 Å². The van der Waals surface area contributed by atoms with E-state index in [1.54, 1.807) is 6.07 Å². The average molecular weight is 590 g/mol. The van der Waals surface area contributed by atoms with Crippen LogP contribution >= 0.6 is 22.6 Å². The molecule has 13 heteroatoms. The van der Waals surface area contributed by atoms with Crippen LogP contribution in [0.4, 0.5) is 25.8 Å². The van der Waals surface area contributed by atoms with E-state index in [4.69, 9.17) is 20.3 Å². The molecular formula is C20H17F2IN4O5S. The average Bonchev–Trinajstić information content (AvgIpc) is 2.68. The second kappa shape index (κ2) is 9.76. The molecule has 0 fully saturated rings. The molecule has 174 valence electrons. The number of rotatable bonds is 8. The van der Waals surface area contributed by atoms with E-state index in [2.05, 4.69) is 10.0 Å². The van der Waals surface area contributed by atoms with Crippen LogP contribution < -0.4 is 30.4 Å². The van der Waals surface area contributed by atoms with Gasteiger partial charge in [0.25, 0.3) is 16.1 Å². The molecule has 0 aliphatic heterocycles. The van der Waals surface area contributed by atoms with E-state index in [0.29, 0.717) is 3.57 Å². The van der Waals surface area contributed by atoms with Gasteiger partial charge in [0.05, 0.1) is 24.2 Å². The van der Waals surface area contributed by atoms with E-state index in [0.717, 1.165) is 12.1 Å². The predicted octanol–water partition coefficient (Wildman–Crippen LogP) is 3.83. The number of hydrogen-bond acceptors (Lipinski definition) is 6. The van der Waals surface area contributed by atoms with Gasteiger partial charge in [-0.05, 0) is 59.0 Å². The van der Waals surface area contributed by atoms with Crippen LogP contribution in [0.25, 0.3) is 0 Å². The molecule has 0 saturated carbocycles. The van der Waals surface area contributed by atoms with E-state index in [-0.39, 0.29) is 39.9 Å². The van der Waals surface area contributed by atoms with Crippen LogP contribution in [0.3, 0.4) is 0 Å². The number of methoxy groups -OCH3 is 1. The van der Waals surface area contributed by atoms with E-state index in [1.165, 1.54) is 37.4 Å². The number of hydrogen-bond donors (Lipinski definition) is 4. The lowest BCUT2D eigenvalue weighted by molar-refractivity contribution is 0.0999. The Morgan fingerprint density at radius 1 is 1.00 bits per heavy atom. The monoisotopic (exact) mass is 590 g/mol. The lowest BCUT2D eigenvalue weighted by Gasteiger charge is -2.17. The van der Waals surface area contributed by atoms with Crippen LogP contribution in [0.1, 0.15) is 10.4 Å². The summed E-state index contributed by atoms with van der Waals surface area (Å²) in [7, 11) is -2.83. The first-order chi connectivity index (χ1) is 15.5. The maximum Gasteiger partial charge on any atom is 0.296 e. The Bertz CT molecular complexity index is 1340. The zero-order valence-corrected chi connectivity index (χ0v) is 19.8. The number of halogens is 3. The highest BCUT2D eigenvalue weighted by molar-refractivity contribution is 14.1. The third kappa shape index (κ3) is 6.21. The topological polar surface area (TPSA) is 146 Å². The molecule has 0 spiro atoms. The number of nitrogens with two attached hydrogens (primary N) is 2. The van der Waals surface area contributed by atoms with Gasteiger partial charge in [-0.15, -0.1) is 0 Å². The van der Waals surface area contributed by atoms with Crippen molar-refractivity contribution in [1.82, 2.24) is 0 Å². The van der Waals surface area contributed by atoms with Gasteiger partial charge in [-0.1, -0.05) is 0 Å². The standard InChI is InChI=1S/C20H17F2IN4O5S/c1-31-17-5-3-12(9-15(17)27-33(25,29)30)32-18-7-10(21)6-16(19(18)20(24)28)26-14-4-2-11(23)8-13(14)22/h2-9,26-27H,1H3,(H2,24,28)(H2,25,29,30). The summed E-state index contributed by atoms with van der Waals surface area (Å²) in [6.07, 6.45) is 0. The summed E-state index contributed by atoms with van der Waals surface area (Å²) in [5.74, 6) is -2.57. The number of primary amides is 1. The smallest absolute Gasteiger partial charge is 0.296 e. The number of carbonyl (C=O) groups excluding carboxylic acids is 1. The van der Waals surface area contributed by atoms with Crippen molar-refractivity contribution < 1.29 is 31.5 Å². The Hall–Kier alpha value is -3.17. The molecule has 0 bridgehead atoms. The number of carbonyl (C=O) groups is 1. The quantitative estimate of drug-likeness (QED) is 0.294. The Kier molecular flexibility index (Phi) is 7.24. The van der Waals surface area contributed by atoms with Gasteiger partial charge in [0, 0.05) is 15.7 Å². The molecule has 3 rings (SSSR count). The SMILES string of the molecule is COc1ccc(Oc2cc(F)cc(Nc3ccc(I)cc3F)c2C(N)=O)cc1NS(N)(=O)=O. The Morgan fingerprint density at radius 3 is 2.33 bits per heavy atom. The normalized spacial score (nSPS) is 11.1. The minimum absolute atomic E-state index is 0.00134. The molecule has 1 amide bonds. The predicted molar refractivity (Wildman–Crippen MR) is 127 cm³/mol. The van der Waals surface area contributed by atoms with Crippen molar-refractivity contribution in [2.24, 2.45) is 10.9 Å². The number of anilines is 3. The molecule has 9 nitrogen and oxygen atoms in total. The Morgan fingerprint density at radius 2 is 1.73 bits per heavy atom. The largest absolute Gasteiger partial charge is 0.495 e. The van der Waals surface area contributed by atoms with Crippen molar-refractivity contribution in [3.05, 3.63) is 69.3 Å². The highest BCUT2D eigenvalue weighted by Gasteiger charge is 2.20. The maximum absolute atomic E-state index is 14.4. The summed E-state index contributed by atoms with van der Waals surface area (Å²) in [6.45, 7) is 0. The van der Waals surface area contributed by atoms with Crippen LogP contribution in [0.5, 0.6) is 17.2 Å². The maximum atomic E-state index is 14.4. The van der Waals surface area contributed by atoms with Crippen molar-refractivity contribution in [2.75, 3.05) is 17.1 Å². The molecule has 6 N–H and O–H groups in total. The summed E-state index contributed by atoms with van der Waals surface area (Å²) in [6, 6.07) is 10.1. The molecule has 0 radical (unpaired) electrons. The van der Waals surface area contributed by atoms with E-state index in [9.17, 15) is 22.0 Å². The number of amides is 1. The van der Waals surface area contributed by atoms with Gasteiger partial charge in [0.2, 0.25) is 0 Å². The fourth-order valence-corrected chi connectivity index (χ4v) is 3.78. The van der Waals surface area contributed by atoms with Gasteiger partial charge in [-0.3, -0.25) is 9.52 Å². The number of ether oxygens (including phenoxy) is 2. The minimum Gasteiger partial charge on any atom is -0.495 e. The van der Waals surface area contributed by atoms with Crippen LogP contribution in [0.15, 0.2) is 48.5 Å². The first-order valence-corrected chi connectivity index (χ1v) is 11.6. The van der Waals surface area contributed by atoms with Crippen molar-refractivity contribution in [1.29, 1.82) is 0 Å². The van der Waals surface area contributed by atoms with Gasteiger partial charge in [-0.2, -0.15) is 8.42 Å². The molecule has 0 aliphatic carbocycles. The van der Waals surface area contributed by atoms with Gasteiger partial charge in [0.15, 0.2) is 0 Å². The first kappa shape index (κ1) is 24.5. The van der Waals surface area contributed by atoms with Crippen LogP contribution in [0.2, 0.25) is 0 Å². The van der Waals surface area contributed by atoms with E-state index >= 15 is 0 Å². The Labute approximate surface area is 201 Å². The highest BCUT2D eigenvalue weighted by Crippen LogP contribution is 2.36. The summed E-state index contributed by atoms with van der Waals surface area (Å²) in [5, 5.41) is 7.66. The second-order valence-electron chi connectivity index (χ2n) is 6.55. The summed E-state index contributed by atoms with van der Waals surface area (Å²) in [4.78, 5) is 12.2. The van der Waals surface area contributed by atoms with Crippen molar-refractivity contribution in [3.63, 3.8) is 0 Å². The highest BCUT2D eigenvalue weighted by atomic mass is 127. The fraction of sp³-hybridized carbons (Fsp3) is 0.0500. The van der Waals surface area contributed by atoms with Gasteiger partial charge < -0.3 is 20.5 Å². The zero-order valence-electron chi connectivity index (χ0n) is 16.9. The van der Waals surface area contributed by atoms with Gasteiger partial charge >= 0.3 is 0 Å². The fourth-order valence-electron chi connectivity index (χ4n) is 2.86. The minimum atomic E-state index is -4.14. The summed E-state index contributed by atoms with van der Waals surface area (Å²) >= 11 is 1.93. The molecule has 0 atom stereocenters. The zero-order chi connectivity index (χ0) is 24.3. The summed E-state index contributed by atoms with van der Waals surface area (Å²) < 4.78 is 64.9. The summed E-state index contributed by atoms with van der Waals surface area (Å²) in [5.41, 5.74) is 5.02. The third-order valence-corrected chi connectivity index (χ3v) is 5.34. The molecule has 0 heterocycles. The molecule has 0 aromatic heterocycles. The number of benzene rings is 3. The molecule has 3 aromatic rings. The van der Waals surface area contributed by atoms with Crippen LogP contribution in [-0.4, -0.2) is 21.4 Å².